The highest BCUT2D eigenvalue weighted by atomic mass is 16.1. The molecule has 0 aliphatic carbocycles. The molecule has 1 amide bonds. The lowest BCUT2D eigenvalue weighted by Gasteiger charge is -2.33. The van der Waals surface area contributed by atoms with E-state index in [1.165, 1.54) is 24.9 Å². The Hall–Kier alpha value is -2.83. The maximum Gasteiger partial charge on any atom is 0.209 e. The van der Waals surface area contributed by atoms with E-state index in [1.807, 2.05) is 6.07 Å². The van der Waals surface area contributed by atoms with Crippen molar-refractivity contribution in [3.8, 4) is 0 Å². The van der Waals surface area contributed by atoms with Crippen LogP contribution in [0.3, 0.4) is 0 Å². The van der Waals surface area contributed by atoms with Gasteiger partial charge in [-0.05, 0) is 43.5 Å². The number of piperidine rings is 1. The zero-order valence-corrected chi connectivity index (χ0v) is 15.5. The average Bonchev–Trinajstić information content (AvgIpc) is 2.75. The molecule has 2 fully saturated rings. The van der Waals surface area contributed by atoms with Gasteiger partial charge in [-0.2, -0.15) is 0 Å². The number of hydrogen-bond donors (Lipinski definition) is 1. The first-order valence-electron chi connectivity index (χ1n) is 9.70. The zero-order chi connectivity index (χ0) is 18.5. The maximum atomic E-state index is 10.9. The second-order valence-electron chi connectivity index (χ2n) is 7.11. The van der Waals surface area contributed by atoms with E-state index < -0.39 is 0 Å². The summed E-state index contributed by atoms with van der Waals surface area (Å²) in [6.07, 6.45) is 6.41. The number of benzene rings is 1. The molecular formula is C20H26N6O. The minimum absolute atomic E-state index is 0.730. The molecule has 0 saturated carbocycles. The average molecular weight is 366 g/mol. The Bertz CT molecular complexity index is 751. The summed E-state index contributed by atoms with van der Waals surface area (Å²) in [4.78, 5) is 26.0. The van der Waals surface area contributed by atoms with Gasteiger partial charge in [0.25, 0.3) is 0 Å². The van der Waals surface area contributed by atoms with E-state index in [1.54, 1.807) is 11.2 Å². The largest absolute Gasteiger partial charge is 0.372 e. The van der Waals surface area contributed by atoms with Crippen LogP contribution in [-0.2, 0) is 4.79 Å². The lowest BCUT2D eigenvalue weighted by molar-refractivity contribution is -0.118. The van der Waals surface area contributed by atoms with Crippen molar-refractivity contribution in [2.75, 3.05) is 54.4 Å². The monoisotopic (exact) mass is 366 g/mol. The van der Waals surface area contributed by atoms with Gasteiger partial charge in [0.1, 0.15) is 18.0 Å². The number of hydrogen-bond acceptors (Lipinski definition) is 6. The molecule has 0 radical (unpaired) electrons. The van der Waals surface area contributed by atoms with E-state index in [9.17, 15) is 4.79 Å². The smallest absolute Gasteiger partial charge is 0.209 e. The van der Waals surface area contributed by atoms with Crippen LogP contribution in [0.25, 0.3) is 0 Å². The number of amides is 1. The first kappa shape index (κ1) is 17.6. The first-order chi connectivity index (χ1) is 13.3. The fraction of sp³-hybridized carbons (Fsp3) is 0.450. The van der Waals surface area contributed by atoms with E-state index in [4.69, 9.17) is 0 Å². The topological polar surface area (TPSA) is 64.6 Å². The van der Waals surface area contributed by atoms with Crippen molar-refractivity contribution in [2.45, 2.75) is 19.3 Å². The molecule has 7 nitrogen and oxygen atoms in total. The van der Waals surface area contributed by atoms with Crippen LogP contribution < -0.4 is 15.1 Å². The summed E-state index contributed by atoms with van der Waals surface area (Å²) < 4.78 is 0. The van der Waals surface area contributed by atoms with Gasteiger partial charge in [-0.25, -0.2) is 9.97 Å². The third-order valence-corrected chi connectivity index (χ3v) is 5.30. The summed E-state index contributed by atoms with van der Waals surface area (Å²) >= 11 is 0. The minimum Gasteiger partial charge on any atom is -0.372 e. The number of rotatable bonds is 5. The van der Waals surface area contributed by atoms with Crippen molar-refractivity contribution in [3.63, 3.8) is 0 Å². The van der Waals surface area contributed by atoms with Gasteiger partial charge in [-0.3, -0.25) is 4.79 Å². The molecule has 0 spiro atoms. The third-order valence-electron chi connectivity index (χ3n) is 5.30. The Morgan fingerprint density at radius 2 is 1.59 bits per heavy atom. The van der Waals surface area contributed by atoms with Crippen LogP contribution in [-0.4, -0.2) is 60.5 Å². The van der Waals surface area contributed by atoms with Gasteiger partial charge >= 0.3 is 0 Å². The van der Waals surface area contributed by atoms with Gasteiger partial charge in [-0.1, -0.05) is 0 Å². The Morgan fingerprint density at radius 1 is 0.852 bits per heavy atom. The van der Waals surface area contributed by atoms with E-state index >= 15 is 0 Å². The van der Waals surface area contributed by atoms with Crippen LogP contribution in [0.4, 0.5) is 23.0 Å². The first-order valence-corrected chi connectivity index (χ1v) is 9.70. The Kier molecular flexibility index (Phi) is 5.37. The van der Waals surface area contributed by atoms with Crippen LogP contribution >= 0.6 is 0 Å². The summed E-state index contributed by atoms with van der Waals surface area (Å²) in [7, 11) is 0. The number of carbonyl (C=O) groups excluding carboxylic acids is 1. The summed E-state index contributed by atoms with van der Waals surface area (Å²) in [5.41, 5.74) is 2.31. The molecule has 4 rings (SSSR count). The van der Waals surface area contributed by atoms with Crippen molar-refractivity contribution in [2.24, 2.45) is 0 Å². The lowest BCUT2D eigenvalue weighted by atomic mass is 10.1. The highest BCUT2D eigenvalue weighted by Crippen LogP contribution is 2.24. The highest BCUT2D eigenvalue weighted by molar-refractivity contribution is 5.62. The number of carbonyl (C=O) groups is 1. The Balaban J connectivity index is 1.40. The number of piperazine rings is 1. The summed E-state index contributed by atoms with van der Waals surface area (Å²) in [6, 6.07) is 10.5. The van der Waals surface area contributed by atoms with Crippen molar-refractivity contribution < 1.29 is 4.79 Å². The van der Waals surface area contributed by atoms with Gasteiger partial charge in [0.05, 0.1) is 0 Å². The van der Waals surface area contributed by atoms with E-state index in [-0.39, 0.29) is 0 Å². The molecule has 3 heterocycles. The molecule has 0 bridgehead atoms. The summed E-state index contributed by atoms with van der Waals surface area (Å²) in [5, 5.41) is 3.37. The molecule has 7 heteroatoms. The molecule has 2 aromatic rings. The van der Waals surface area contributed by atoms with E-state index in [0.29, 0.717) is 0 Å². The predicted molar refractivity (Wildman–Crippen MR) is 108 cm³/mol. The Morgan fingerprint density at radius 3 is 2.30 bits per heavy atom. The van der Waals surface area contributed by atoms with Gasteiger partial charge in [0.15, 0.2) is 0 Å². The number of nitrogens with one attached hydrogen (secondary N) is 1. The quantitative estimate of drug-likeness (QED) is 0.821. The van der Waals surface area contributed by atoms with Gasteiger partial charge in [0, 0.05) is 56.7 Å². The third kappa shape index (κ3) is 4.30. The standard InChI is InChI=1S/C20H26N6O/c27-16-24-10-12-26(13-11-24)20-14-19(21-15-22-20)23-17-4-6-18(7-5-17)25-8-2-1-3-9-25/h4-7,14-16H,1-3,8-13H2,(H,21,22,23). The summed E-state index contributed by atoms with van der Waals surface area (Å²) in [6.45, 7) is 5.35. The minimum atomic E-state index is 0.730. The highest BCUT2D eigenvalue weighted by Gasteiger charge is 2.17. The molecule has 2 aliphatic heterocycles. The normalized spacial score (nSPS) is 17.7. The van der Waals surface area contributed by atoms with Crippen molar-refractivity contribution in [3.05, 3.63) is 36.7 Å². The van der Waals surface area contributed by atoms with E-state index in [2.05, 4.69) is 49.4 Å². The Labute approximate surface area is 160 Å². The fourth-order valence-electron chi connectivity index (χ4n) is 3.70. The molecule has 2 aliphatic rings. The van der Waals surface area contributed by atoms with E-state index in [0.717, 1.165) is 63.0 Å². The number of nitrogens with zero attached hydrogens (tertiary/aromatic N) is 5. The molecular weight excluding hydrogens is 340 g/mol. The maximum absolute atomic E-state index is 10.9. The van der Waals surface area contributed by atoms with Crippen molar-refractivity contribution in [1.82, 2.24) is 14.9 Å². The second kappa shape index (κ2) is 8.24. The van der Waals surface area contributed by atoms with Crippen molar-refractivity contribution in [1.29, 1.82) is 0 Å². The molecule has 27 heavy (non-hydrogen) atoms. The summed E-state index contributed by atoms with van der Waals surface area (Å²) in [5.74, 6) is 1.67. The predicted octanol–water partition coefficient (Wildman–Crippen LogP) is 2.49. The molecule has 0 atom stereocenters. The van der Waals surface area contributed by atoms with Crippen LogP contribution in [0.15, 0.2) is 36.7 Å². The lowest BCUT2D eigenvalue weighted by Crippen LogP contribution is -2.46. The van der Waals surface area contributed by atoms with Crippen LogP contribution in [0.1, 0.15) is 19.3 Å². The molecule has 1 aromatic heterocycles. The van der Waals surface area contributed by atoms with Crippen LogP contribution in [0.5, 0.6) is 0 Å². The van der Waals surface area contributed by atoms with Gasteiger partial charge in [-0.15, -0.1) is 0 Å². The van der Waals surface area contributed by atoms with Crippen LogP contribution in [0.2, 0.25) is 0 Å². The molecule has 142 valence electrons. The number of anilines is 4. The zero-order valence-electron chi connectivity index (χ0n) is 15.5. The SMILES string of the molecule is O=CN1CCN(c2cc(Nc3ccc(N4CCCCC4)cc3)ncn2)CC1. The molecule has 1 N–H and O–H groups in total. The number of aromatic nitrogens is 2. The van der Waals surface area contributed by atoms with Gasteiger partial charge in [0.2, 0.25) is 6.41 Å². The van der Waals surface area contributed by atoms with Gasteiger partial charge < -0.3 is 20.0 Å². The van der Waals surface area contributed by atoms with Crippen LogP contribution in [0, 0.1) is 0 Å². The molecule has 1 aromatic carbocycles. The second-order valence-corrected chi connectivity index (χ2v) is 7.11. The fourth-order valence-corrected chi connectivity index (χ4v) is 3.70. The van der Waals surface area contributed by atoms with Crippen molar-refractivity contribution >= 4 is 29.4 Å². The molecule has 2 saturated heterocycles. The molecule has 0 unspecified atom stereocenters.